The highest BCUT2D eigenvalue weighted by molar-refractivity contribution is 7.80. The van der Waals surface area contributed by atoms with Gasteiger partial charge in [-0.3, -0.25) is 0 Å². The van der Waals surface area contributed by atoms with E-state index in [1.165, 1.54) is 6.42 Å². The number of fused-ring (bicyclic) bond motifs is 1. The Morgan fingerprint density at radius 2 is 2.09 bits per heavy atom. The van der Waals surface area contributed by atoms with E-state index in [1.54, 1.807) is 19.3 Å². The molecule has 1 aliphatic carbocycles. The van der Waals surface area contributed by atoms with Gasteiger partial charge in [0, 0.05) is 23.2 Å². The minimum absolute atomic E-state index is 0.230. The number of hydrogen-bond donors (Lipinski definition) is 2. The van der Waals surface area contributed by atoms with Crippen LogP contribution in [0.2, 0.25) is 0 Å². The summed E-state index contributed by atoms with van der Waals surface area (Å²) < 4.78 is 10.8. The minimum atomic E-state index is -0.521. The number of rotatable bonds is 9. The molecule has 0 bridgehead atoms. The molecule has 0 radical (unpaired) electrons. The van der Waals surface area contributed by atoms with Gasteiger partial charge < -0.3 is 19.6 Å². The number of nitrogens with one attached hydrogen (secondary N) is 1. The van der Waals surface area contributed by atoms with Gasteiger partial charge in [0.2, 0.25) is 0 Å². The molecule has 2 N–H and O–H groups in total. The average molecular weight is 452 g/mol. The van der Waals surface area contributed by atoms with Gasteiger partial charge in [-0.25, -0.2) is 4.79 Å². The molecule has 0 saturated carbocycles. The van der Waals surface area contributed by atoms with Crippen molar-refractivity contribution < 1.29 is 14.3 Å². The summed E-state index contributed by atoms with van der Waals surface area (Å²) >= 11 is 5.49. The van der Waals surface area contributed by atoms with Crippen LogP contribution in [0.3, 0.4) is 0 Å². The molecule has 0 aliphatic heterocycles. The molecule has 0 atom stereocenters. The summed E-state index contributed by atoms with van der Waals surface area (Å²) in [6.07, 6.45) is 9.15. The van der Waals surface area contributed by atoms with Crippen LogP contribution < -0.4 is 15.7 Å². The average Bonchev–Trinajstić information content (AvgIpc) is 2.94. The van der Waals surface area contributed by atoms with Gasteiger partial charge in [0.15, 0.2) is 0 Å². The van der Waals surface area contributed by atoms with E-state index in [4.69, 9.17) is 21.4 Å². The monoisotopic (exact) mass is 451 g/mol. The SMILES string of the molecule is C=C(NC(=S)c1cc2c(oc1=O)CC=C(O)C(CCCCCC)=C2)c1cccc(OC)c1. The molecule has 1 aliphatic rings. The second-order valence-electron chi connectivity index (χ2n) is 7.76. The number of benzene rings is 1. The van der Waals surface area contributed by atoms with Crippen LogP contribution >= 0.6 is 12.2 Å². The molecule has 5 nitrogen and oxygen atoms in total. The lowest BCUT2D eigenvalue weighted by Gasteiger charge is -2.12. The largest absolute Gasteiger partial charge is 0.508 e. The van der Waals surface area contributed by atoms with Crippen molar-refractivity contribution in [3.05, 3.63) is 87.2 Å². The van der Waals surface area contributed by atoms with Crippen molar-refractivity contribution in [3.8, 4) is 5.75 Å². The van der Waals surface area contributed by atoms with E-state index < -0.39 is 5.63 Å². The van der Waals surface area contributed by atoms with Crippen LogP contribution in [0.25, 0.3) is 11.8 Å². The van der Waals surface area contributed by atoms with E-state index in [1.807, 2.05) is 30.3 Å². The molecule has 0 saturated heterocycles. The molecule has 6 heteroatoms. The van der Waals surface area contributed by atoms with Crippen LogP contribution in [-0.4, -0.2) is 17.2 Å². The predicted molar refractivity (Wildman–Crippen MR) is 133 cm³/mol. The zero-order valence-electron chi connectivity index (χ0n) is 18.6. The number of aliphatic hydroxyl groups excluding tert-OH is 1. The van der Waals surface area contributed by atoms with Crippen LogP contribution in [0, 0.1) is 0 Å². The fourth-order valence-corrected chi connectivity index (χ4v) is 3.84. The molecule has 168 valence electrons. The van der Waals surface area contributed by atoms with Gasteiger partial charge in [-0.2, -0.15) is 0 Å². The maximum Gasteiger partial charge on any atom is 0.346 e. The zero-order valence-corrected chi connectivity index (χ0v) is 19.4. The highest BCUT2D eigenvalue weighted by atomic mass is 32.1. The highest BCUT2D eigenvalue weighted by Crippen LogP contribution is 2.26. The van der Waals surface area contributed by atoms with Gasteiger partial charge in [-0.15, -0.1) is 0 Å². The van der Waals surface area contributed by atoms with Crippen LogP contribution in [0.4, 0.5) is 0 Å². The summed E-state index contributed by atoms with van der Waals surface area (Å²) in [5, 5.41) is 13.5. The van der Waals surface area contributed by atoms with E-state index in [2.05, 4.69) is 18.8 Å². The standard InChI is InChI=1S/C26H29NO4S/c1-4-5-6-7-9-19-14-20-16-22(26(29)31-24(20)13-12-23(19)28)25(32)27-17(2)18-10-8-11-21(15-18)30-3/h8,10-12,14-16,28H,2,4-7,9,13H2,1,3H3,(H,27,32). The summed E-state index contributed by atoms with van der Waals surface area (Å²) in [5.41, 5.74) is 2.68. The van der Waals surface area contributed by atoms with Gasteiger partial charge in [-0.1, -0.05) is 57.1 Å². The van der Waals surface area contributed by atoms with Gasteiger partial charge in [0.1, 0.15) is 22.3 Å². The number of thiocarbonyl (C=S) groups is 1. The maximum atomic E-state index is 12.6. The summed E-state index contributed by atoms with van der Waals surface area (Å²) in [6.45, 7) is 6.20. The van der Waals surface area contributed by atoms with Gasteiger partial charge in [0.25, 0.3) is 0 Å². The van der Waals surface area contributed by atoms with Crippen molar-refractivity contribution in [3.63, 3.8) is 0 Å². The Morgan fingerprint density at radius 3 is 2.84 bits per heavy atom. The van der Waals surface area contributed by atoms with Crippen molar-refractivity contribution in [1.82, 2.24) is 5.32 Å². The minimum Gasteiger partial charge on any atom is -0.508 e. The Balaban J connectivity index is 1.83. The molecule has 2 aromatic rings. The third kappa shape index (κ3) is 5.77. The molecular formula is C26H29NO4S. The Hall–Kier alpha value is -3.12. The second kappa shape index (κ2) is 11.0. The maximum absolute atomic E-state index is 12.6. The first-order valence-electron chi connectivity index (χ1n) is 10.8. The fourth-order valence-electron chi connectivity index (χ4n) is 3.57. The lowest BCUT2D eigenvalue weighted by Crippen LogP contribution is -2.26. The fraction of sp³-hybridized carbons (Fsp3) is 0.308. The van der Waals surface area contributed by atoms with Gasteiger partial charge in [-0.05, 0) is 48.8 Å². The number of methoxy groups -OCH3 is 1. The van der Waals surface area contributed by atoms with Crippen LogP contribution in [0.1, 0.15) is 61.5 Å². The van der Waals surface area contributed by atoms with Crippen molar-refractivity contribution >= 4 is 29.0 Å². The van der Waals surface area contributed by atoms with Crippen molar-refractivity contribution in [2.75, 3.05) is 7.11 Å². The smallest absolute Gasteiger partial charge is 0.346 e. The Kier molecular flexibility index (Phi) is 8.06. The first-order valence-corrected chi connectivity index (χ1v) is 11.3. The Labute approximate surface area is 194 Å². The van der Waals surface area contributed by atoms with E-state index in [9.17, 15) is 9.90 Å². The van der Waals surface area contributed by atoms with Crippen LogP contribution in [0.15, 0.2) is 63.5 Å². The Morgan fingerprint density at radius 1 is 1.28 bits per heavy atom. The topological polar surface area (TPSA) is 71.7 Å². The van der Waals surface area contributed by atoms with Crippen LogP contribution in [0.5, 0.6) is 5.75 Å². The molecule has 0 unspecified atom stereocenters. The molecular weight excluding hydrogens is 422 g/mol. The van der Waals surface area contributed by atoms with Crippen molar-refractivity contribution in [1.29, 1.82) is 0 Å². The molecule has 0 fully saturated rings. The van der Waals surface area contributed by atoms with E-state index in [-0.39, 0.29) is 16.3 Å². The molecule has 1 heterocycles. The molecule has 0 spiro atoms. The first kappa shape index (κ1) is 23.5. The third-order valence-electron chi connectivity index (χ3n) is 5.42. The second-order valence-corrected chi connectivity index (χ2v) is 8.17. The zero-order chi connectivity index (χ0) is 23.1. The molecule has 1 aromatic carbocycles. The molecule has 1 aromatic heterocycles. The first-order chi connectivity index (χ1) is 15.4. The number of aliphatic hydroxyl groups is 1. The van der Waals surface area contributed by atoms with E-state index in [0.717, 1.165) is 42.4 Å². The van der Waals surface area contributed by atoms with Gasteiger partial charge in [0.05, 0.1) is 12.7 Å². The lowest BCUT2D eigenvalue weighted by atomic mass is 10.0. The third-order valence-corrected chi connectivity index (χ3v) is 5.75. The summed E-state index contributed by atoms with van der Waals surface area (Å²) in [6, 6.07) is 9.13. The summed E-state index contributed by atoms with van der Waals surface area (Å²) in [4.78, 5) is 12.9. The lowest BCUT2D eigenvalue weighted by molar-refractivity contribution is 0.414. The predicted octanol–water partition coefficient (Wildman–Crippen LogP) is 5.94. The number of hydrogen-bond acceptors (Lipinski definition) is 5. The quantitative estimate of drug-likeness (QED) is 0.363. The molecule has 32 heavy (non-hydrogen) atoms. The van der Waals surface area contributed by atoms with Crippen molar-refractivity contribution in [2.45, 2.75) is 45.4 Å². The number of ether oxygens (including phenoxy) is 1. The van der Waals surface area contributed by atoms with Crippen molar-refractivity contribution in [2.24, 2.45) is 0 Å². The van der Waals surface area contributed by atoms with E-state index >= 15 is 0 Å². The molecule has 0 amide bonds. The Bertz CT molecular complexity index is 1130. The van der Waals surface area contributed by atoms with Gasteiger partial charge >= 0.3 is 5.63 Å². The summed E-state index contributed by atoms with van der Waals surface area (Å²) in [5.74, 6) is 1.46. The number of unbranched alkanes of at least 4 members (excludes halogenated alkanes) is 3. The van der Waals surface area contributed by atoms with Crippen LogP contribution in [-0.2, 0) is 6.42 Å². The van der Waals surface area contributed by atoms with E-state index in [0.29, 0.717) is 23.6 Å². The molecule has 3 rings (SSSR count). The normalized spacial score (nSPS) is 12.8. The summed E-state index contributed by atoms with van der Waals surface area (Å²) in [7, 11) is 1.60. The highest BCUT2D eigenvalue weighted by Gasteiger charge is 2.18. The number of allylic oxidation sites excluding steroid dienone is 2.